The summed E-state index contributed by atoms with van der Waals surface area (Å²) in [5.41, 5.74) is 0.210. The number of aliphatic carboxylic acids is 1. The fourth-order valence-electron chi connectivity index (χ4n) is 2.04. The third kappa shape index (κ3) is 2.75. The van der Waals surface area contributed by atoms with Crippen molar-refractivity contribution in [3.8, 4) is 0 Å². The lowest BCUT2D eigenvalue weighted by Gasteiger charge is -2.15. The highest BCUT2D eigenvalue weighted by atomic mass is 35.5. The number of benzene rings is 1. The van der Waals surface area contributed by atoms with E-state index in [1.54, 1.807) is 0 Å². The number of carboxylic acid groups (broad SMARTS) is 1. The molecule has 5 heteroatoms. The minimum atomic E-state index is -0.984. The van der Waals surface area contributed by atoms with Crippen LogP contribution in [0.25, 0.3) is 0 Å². The summed E-state index contributed by atoms with van der Waals surface area (Å²) >= 11 is 5.60. The van der Waals surface area contributed by atoms with Crippen LogP contribution in [0.1, 0.15) is 30.7 Å². The van der Waals surface area contributed by atoms with Crippen LogP contribution in [-0.4, -0.2) is 11.1 Å². The van der Waals surface area contributed by atoms with Gasteiger partial charge in [0.1, 0.15) is 11.6 Å². The fourth-order valence-corrected chi connectivity index (χ4v) is 2.21. The number of carboxylic acids is 1. The van der Waals surface area contributed by atoms with Gasteiger partial charge in [0.25, 0.3) is 0 Å². The van der Waals surface area contributed by atoms with Gasteiger partial charge >= 0.3 is 5.97 Å². The van der Waals surface area contributed by atoms with Crippen molar-refractivity contribution in [3.63, 3.8) is 0 Å². The van der Waals surface area contributed by atoms with Crippen molar-refractivity contribution in [2.24, 2.45) is 5.92 Å². The fraction of sp³-hybridized carbons (Fsp3) is 0.417. The van der Waals surface area contributed by atoms with E-state index in [0.717, 1.165) is 18.9 Å². The average Bonchev–Trinajstić information content (AvgIpc) is 3.04. The highest BCUT2D eigenvalue weighted by Crippen LogP contribution is 2.45. The van der Waals surface area contributed by atoms with Gasteiger partial charge in [-0.25, -0.2) is 8.78 Å². The molecule has 1 saturated carbocycles. The largest absolute Gasteiger partial charge is 0.481 e. The zero-order valence-corrected chi connectivity index (χ0v) is 9.68. The van der Waals surface area contributed by atoms with Crippen molar-refractivity contribution in [2.75, 3.05) is 0 Å². The van der Waals surface area contributed by atoms with E-state index in [4.69, 9.17) is 16.7 Å². The summed E-state index contributed by atoms with van der Waals surface area (Å²) in [4.78, 5) is 10.7. The quantitative estimate of drug-likeness (QED) is 0.840. The minimum absolute atomic E-state index is 0.149. The SMILES string of the molecule is O=C(O)CC(c1cc(Cl)c(F)cc1F)C1CC1. The Kier molecular flexibility index (Phi) is 3.33. The Morgan fingerprint density at radius 3 is 2.59 bits per heavy atom. The summed E-state index contributed by atoms with van der Waals surface area (Å²) in [5, 5.41) is 8.64. The van der Waals surface area contributed by atoms with Crippen LogP contribution < -0.4 is 0 Å². The zero-order chi connectivity index (χ0) is 12.6. The lowest BCUT2D eigenvalue weighted by molar-refractivity contribution is -0.137. The van der Waals surface area contributed by atoms with Crippen LogP contribution in [0.5, 0.6) is 0 Å². The van der Waals surface area contributed by atoms with E-state index in [1.807, 2.05) is 0 Å². The molecule has 0 spiro atoms. The first-order valence-electron chi connectivity index (χ1n) is 5.35. The van der Waals surface area contributed by atoms with Crippen molar-refractivity contribution >= 4 is 17.6 Å². The molecule has 1 fully saturated rings. The number of hydrogen-bond donors (Lipinski definition) is 1. The van der Waals surface area contributed by atoms with Crippen molar-refractivity contribution in [2.45, 2.75) is 25.2 Å². The summed E-state index contributed by atoms with van der Waals surface area (Å²) in [6, 6.07) is 1.92. The number of carbonyl (C=O) groups is 1. The van der Waals surface area contributed by atoms with Crippen LogP contribution >= 0.6 is 11.6 Å². The zero-order valence-electron chi connectivity index (χ0n) is 8.92. The van der Waals surface area contributed by atoms with Crippen LogP contribution in [0.15, 0.2) is 12.1 Å². The average molecular weight is 261 g/mol. The monoisotopic (exact) mass is 260 g/mol. The molecule has 1 aliphatic rings. The van der Waals surface area contributed by atoms with Gasteiger partial charge in [-0.1, -0.05) is 11.6 Å². The molecule has 0 aromatic heterocycles. The summed E-state index contributed by atoms with van der Waals surface area (Å²) < 4.78 is 26.6. The third-order valence-corrected chi connectivity index (χ3v) is 3.31. The standard InChI is InChI=1S/C12H11ClF2O2/c13-9-3-8(10(14)5-11(9)15)7(4-12(16)17)6-1-2-6/h3,5-7H,1-2,4H2,(H,16,17). The second kappa shape index (κ2) is 4.61. The van der Waals surface area contributed by atoms with Gasteiger partial charge in [-0.2, -0.15) is 0 Å². The summed E-state index contributed by atoms with van der Waals surface area (Å²) in [7, 11) is 0. The second-order valence-corrected chi connectivity index (χ2v) is 4.74. The van der Waals surface area contributed by atoms with Gasteiger partial charge in [-0.05, 0) is 30.4 Å². The van der Waals surface area contributed by atoms with Gasteiger partial charge in [0.2, 0.25) is 0 Å². The van der Waals surface area contributed by atoms with Gasteiger partial charge in [-0.3, -0.25) is 4.79 Å². The van der Waals surface area contributed by atoms with Crippen molar-refractivity contribution in [3.05, 3.63) is 34.4 Å². The third-order valence-electron chi connectivity index (χ3n) is 3.02. The van der Waals surface area contributed by atoms with E-state index >= 15 is 0 Å². The molecule has 0 radical (unpaired) electrons. The lowest BCUT2D eigenvalue weighted by atomic mass is 9.90. The molecule has 1 unspecified atom stereocenters. The Labute approximate surface area is 102 Å². The topological polar surface area (TPSA) is 37.3 Å². The normalized spacial score (nSPS) is 16.9. The Bertz CT molecular complexity index is 458. The first kappa shape index (κ1) is 12.3. The Hall–Kier alpha value is -1.16. The molecule has 0 heterocycles. The molecule has 2 nitrogen and oxygen atoms in total. The van der Waals surface area contributed by atoms with Crippen LogP contribution in [0.2, 0.25) is 5.02 Å². The van der Waals surface area contributed by atoms with Crippen LogP contribution in [0.4, 0.5) is 8.78 Å². The van der Waals surface area contributed by atoms with Crippen molar-refractivity contribution in [1.29, 1.82) is 0 Å². The maximum Gasteiger partial charge on any atom is 0.303 e. The molecule has 0 saturated heterocycles. The van der Waals surface area contributed by atoms with E-state index in [2.05, 4.69) is 0 Å². The van der Waals surface area contributed by atoms with Crippen LogP contribution in [0.3, 0.4) is 0 Å². The summed E-state index contributed by atoms with van der Waals surface area (Å²) in [5.74, 6) is -2.77. The molecular formula is C12H11ClF2O2. The summed E-state index contributed by atoms with van der Waals surface area (Å²) in [6.07, 6.45) is 1.61. The first-order valence-corrected chi connectivity index (χ1v) is 5.73. The van der Waals surface area contributed by atoms with E-state index < -0.39 is 23.5 Å². The molecule has 1 atom stereocenters. The second-order valence-electron chi connectivity index (χ2n) is 4.33. The lowest BCUT2D eigenvalue weighted by Crippen LogP contribution is -2.10. The highest BCUT2D eigenvalue weighted by Gasteiger charge is 2.35. The van der Waals surface area contributed by atoms with Crippen LogP contribution in [-0.2, 0) is 4.79 Å². The molecule has 1 aromatic rings. The van der Waals surface area contributed by atoms with Gasteiger partial charge in [0, 0.05) is 12.0 Å². The van der Waals surface area contributed by atoms with E-state index in [1.165, 1.54) is 6.07 Å². The molecule has 1 aliphatic carbocycles. The number of hydrogen-bond acceptors (Lipinski definition) is 1. The Morgan fingerprint density at radius 2 is 2.06 bits per heavy atom. The highest BCUT2D eigenvalue weighted by molar-refractivity contribution is 6.30. The number of rotatable bonds is 4. The molecule has 0 amide bonds. The minimum Gasteiger partial charge on any atom is -0.481 e. The molecule has 1 N–H and O–H groups in total. The smallest absolute Gasteiger partial charge is 0.303 e. The van der Waals surface area contributed by atoms with Gasteiger partial charge in [-0.15, -0.1) is 0 Å². The molecule has 2 rings (SSSR count). The molecule has 1 aromatic carbocycles. The van der Waals surface area contributed by atoms with E-state index in [0.29, 0.717) is 0 Å². The predicted molar refractivity (Wildman–Crippen MR) is 59.1 cm³/mol. The van der Waals surface area contributed by atoms with Crippen LogP contribution in [0, 0.1) is 17.6 Å². The first-order chi connectivity index (χ1) is 7.99. The van der Waals surface area contributed by atoms with Gasteiger partial charge in [0.15, 0.2) is 0 Å². The van der Waals surface area contributed by atoms with Gasteiger partial charge < -0.3 is 5.11 Å². The van der Waals surface area contributed by atoms with Gasteiger partial charge in [0.05, 0.1) is 11.4 Å². The Balaban J connectivity index is 2.35. The molecule has 0 bridgehead atoms. The van der Waals surface area contributed by atoms with E-state index in [9.17, 15) is 13.6 Å². The predicted octanol–water partition coefficient (Wildman–Crippen LogP) is 3.59. The summed E-state index contributed by atoms with van der Waals surface area (Å²) in [6.45, 7) is 0. The molecule has 92 valence electrons. The maximum absolute atomic E-state index is 13.6. The molecule has 17 heavy (non-hydrogen) atoms. The molecular weight excluding hydrogens is 250 g/mol. The van der Waals surface area contributed by atoms with Crippen molar-refractivity contribution < 1.29 is 18.7 Å². The van der Waals surface area contributed by atoms with E-state index in [-0.39, 0.29) is 22.9 Å². The van der Waals surface area contributed by atoms with Crippen molar-refractivity contribution in [1.82, 2.24) is 0 Å². The number of halogens is 3. The maximum atomic E-state index is 13.6. The Morgan fingerprint density at radius 1 is 1.41 bits per heavy atom. The molecule has 0 aliphatic heterocycles.